The molecule has 73 valence electrons. The average Bonchev–Trinajstić information content (AvgIpc) is 2.63. The van der Waals surface area contributed by atoms with Crippen LogP contribution in [0.15, 0.2) is 10.6 Å². The molecule has 0 saturated heterocycles. The summed E-state index contributed by atoms with van der Waals surface area (Å²) in [5.41, 5.74) is 0. The summed E-state index contributed by atoms with van der Waals surface area (Å²) in [6.45, 7) is 2.24. The van der Waals surface area contributed by atoms with Crippen LogP contribution in [0.3, 0.4) is 0 Å². The highest BCUT2D eigenvalue weighted by molar-refractivity contribution is 4.91. The lowest BCUT2D eigenvalue weighted by atomic mass is 10.1. The van der Waals surface area contributed by atoms with Crippen molar-refractivity contribution >= 4 is 0 Å². The minimum atomic E-state index is 0.968. The van der Waals surface area contributed by atoms with Crippen molar-refractivity contribution in [3.05, 3.63) is 18.0 Å². The number of hydrogen-bond acceptors (Lipinski definition) is 2. The number of nitrogens with zero attached hydrogens (tertiary/aromatic N) is 1. The van der Waals surface area contributed by atoms with E-state index < -0.39 is 0 Å². The van der Waals surface area contributed by atoms with Gasteiger partial charge in [0.05, 0.1) is 0 Å². The Kier molecular flexibility index (Phi) is 5.30. The molecule has 0 aliphatic rings. The van der Waals surface area contributed by atoms with E-state index >= 15 is 0 Å². The van der Waals surface area contributed by atoms with E-state index in [4.69, 9.17) is 4.52 Å². The van der Waals surface area contributed by atoms with Gasteiger partial charge in [-0.05, 0) is 6.42 Å². The number of rotatable bonds is 7. The van der Waals surface area contributed by atoms with Crippen LogP contribution in [-0.2, 0) is 6.42 Å². The molecule has 0 N–H and O–H groups in total. The summed E-state index contributed by atoms with van der Waals surface area (Å²) >= 11 is 0. The lowest BCUT2D eigenvalue weighted by Crippen LogP contribution is -1.83. The molecule has 13 heavy (non-hydrogen) atoms. The molecule has 0 amide bonds. The van der Waals surface area contributed by atoms with Gasteiger partial charge in [0.2, 0.25) is 0 Å². The molecule has 1 radical (unpaired) electrons. The topological polar surface area (TPSA) is 26.0 Å². The largest absolute Gasteiger partial charge is 0.361 e. The predicted octanol–water partition coefficient (Wildman–Crippen LogP) is 3.38. The van der Waals surface area contributed by atoms with Gasteiger partial charge in [-0.3, -0.25) is 0 Å². The molecule has 0 aliphatic heterocycles. The summed E-state index contributed by atoms with van der Waals surface area (Å²) in [6, 6.07) is 1.83. The van der Waals surface area contributed by atoms with Gasteiger partial charge in [-0.15, -0.1) is 0 Å². The maximum atomic E-state index is 4.96. The van der Waals surface area contributed by atoms with Gasteiger partial charge in [-0.1, -0.05) is 44.2 Å². The Morgan fingerprint density at radius 1 is 1.23 bits per heavy atom. The molecule has 1 aromatic heterocycles. The molecule has 0 atom stereocenters. The molecule has 0 aliphatic carbocycles. The molecule has 1 aromatic rings. The van der Waals surface area contributed by atoms with Crippen molar-refractivity contribution in [2.45, 2.75) is 51.9 Å². The SMILES string of the molecule is CCCCCCCCc1c[c]no1. The van der Waals surface area contributed by atoms with E-state index in [2.05, 4.69) is 18.3 Å². The van der Waals surface area contributed by atoms with Crippen molar-refractivity contribution in [1.29, 1.82) is 0 Å². The molecule has 1 heterocycles. The van der Waals surface area contributed by atoms with Gasteiger partial charge in [0, 0.05) is 12.5 Å². The van der Waals surface area contributed by atoms with Crippen LogP contribution in [0.25, 0.3) is 0 Å². The second-order valence-corrected chi connectivity index (χ2v) is 3.44. The Hall–Kier alpha value is -0.790. The molecule has 0 spiro atoms. The number of unbranched alkanes of at least 4 members (excludes halogenated alkanes) is 5. The smallest absolute Gasteiger partial charge is 0.137 e. The van der Waals surface area contributed by atoms with Gasteiger partial charge in [0.15, 0.2) is 0 Å². The van der Waals surface area contributed by atoms with Gasteiger partial charge in [0.1, 0.15) is 12.0 Å². The van der Waals surface area contributed by atoms with Gasteiger partial charge >= 0.3 is 0 Å². The van der Waals surface area contributed by atoms with E-state index in [9.17, 15) is 0 Å². The van der Waals surface area contributed by atoms with Crippen LogP contribution in [0.1, 0.15) is 51.2 Å². The normalized spacial score (nSPS) is 10.5. The van der Waals surface area contributed by atoms with E-state index in [1.165, 1.54) is 38.5 Å². The van der Waals surface area contributed by atoms with Crippen molar-refractivity contribution in [2.75, 3.05) is 0 Å². The lowest BCUT2D eigenvalue weighted by Gasteiger charge is -1.97. The third kappa shape index (κ3) is 4.71. The quantitative estimate of drug-likeness (QED) is 0.601. The van der Waals surface area contributed by atoms with Crippen LogP contribution in [0, 0.1) is 6.20 Å². The van der Waals surface area contributed by atoms with Crippen LogP contribution in [0.2, 0.25) is 0 Å². The highest BCUT2D eigenvalue weighted by Gasteiger charge is 1.96. The van der Waals surface area contributed by atoms with E-state index in [0.717, 1.165) is 12.2 Å². The summed E-state index contributed by atoms with van der Waals surface area (Å²) in [6.07, 6.45) is 11.6. The maximum absolute atomic E-state index is 4.96. The fourth-order valence-electron chi connectivity index (χ4n) is 1.41. The molecule has 0 saturated carbocycles. The van der Waals surface area contributed by atoms with E-state index in [-0.39, 0.29) is 0 Å². The average molecular weight is 180 g/mol. The zero-order valence-electron chi connectivity index (χ0n) is 8.38. The molecule has 2 nitrogen and oxygen atoms in total. The summed E-state index contributed by atoms with van der Waals surface area (Å²) in [5.74, 6) is 0.968. The van der Waals surface area contributed by atoms with Crippen molar-refractivity contribution in [1.82, 2.24) is 5.16 Å². The van der Waals surface area contributed by atoms with Gasteiger partial charge < -0.3 is 4.52 Å². The van der Waals surface area contributed by atoms with E-state index in [1.54, 1.807) is 0 Å². The first-order valence-electron chi connectivity index (χ1n) is 5.25. The van der Waals surface area contributed by atoms with Crippen LogP contribution in [0.5, 0.6) is 0 Å². The Morgan fingerprint density at radius 3 is 2.69 bits per heavy atom. The highest BCUT2D eigenvalue weighted by Crippen LogP contribution is 2.08. The standard InChI is InChI=1S/C11H18NO/c1-2-3-4-5-6-7-8-11-9-10-12-13-11/h9H,2-8H2,1H3. The van der Waals surface area contributed by atoms with Crippen LogP contribution in [0.4, 0.5) is 0 Å². The van der Waals surface area contributed by atoms with Gasteiger partial charge in [-0.2, -0.15) is 0 Å². The fraction of sp³-hybridized carbons (Fsp3) is 0.727. The summed E-state index contributed by atoms with van der Waals surface area (Å²) < 4.78 is 4.96. The summed E-state index contributed by atoms with van der Waals surface area (Å²) in [7, 11) is 0. The molecular formula is C11H18NO. The second kappa shape index (κ2) is 6.70. The van der Waals surface area contributed by atoms with Crippen molar-refractivity contribution in [2.24, 2.45) is 0 Å². The highest BCUT2D eigenvalue weighted by atomic mass is 16.5. The molecular weight excluding hydrogens is 162 g/mol. The van der Waals surface area contributed by atoms with Crippen molar-refractivity contribution in [3.63, 3.8) is 0 Å². The Labute approximate surface area is 80.3 Å². The first kappa shape index (κ1) is 10.3. The molecule has 0 aromatic carbocycles. The van der Waals surface area contributed by atoms with Crippen LogP contribution >= 0.6 is 0 Å². The number of aromatic nitrogens is 1. The van der Waals surface area contributed by atoms with Crippen molar-refractivity contribution in [3.8, 4) is 0 Å². The maximum Gasteiger partial charge on any atom is 0.137 e. The molecule has 1 rings (SSSR count). The molecule has 2 heteroatoms. The van der Waals surface area contributed by atoms with Crippen LogP contribution < -0.4 is 0 Å². The minimum absolute atomic E-state index is 0.968. The number of hydrogen-bond donors (Lipinski definition) is 0. The number of aryl methyl sites for hydroxylation is 1. The van der Waals surface area contributed by atoms with E-state index in [1.807, 2.05) is 6.07 Å². The Bertz CT molecular complexity index is 194. The predicted molar refractivity (Wildman–Crippen MR) is 52.4 cm³/mol. The zero-order valence-corrected chi connectivity index (χ0v) is 8.38. The lowest BCUT2D eigenvalue weighted by molar-refractivity contribution is 0.377. The fourth-order valence-corrected chi connectivity index (χ4v) is 1.41. The summed E-state index contributed by atoms with van der Waals surface area (Å²) in [5, 5.41) is 3.55. The molecule has 0 fully saturated rings. The van der Waals surface area contributed by atoms with E-state index in [0.29, 0.717) is 0 Å². The van der Waals surface area contributed by atoms with Gasteiger partial charge in [-0.25, -0.2) is 0 Å². The Balaban J connectivity index is 1.90. The Morgan fingerprint density at radius 2 is 2.00 bits per heavy atom. The molecule has 0 unspecified atom stereocenters. The third-order valence-corrected chi connectivity index (χ3v) is 2.22. The minimum Gasteiger partial charge on any atom is -0.361 e. The summed E-state index contributed by atoms with van der Waals surface area (Å²) in [4.78, 5) is 0. The molecule has 0 bridgehead atoms. The first-order chi connectivity index (χ1) is 6.43. The van der Waals surface area contributed by atoms with Crippen LogP contribution in [-0.4, -0.2) is 5.16 Å². The zero-order chi connectivity index (χ0) is 9.36. The third-order valence-electron chi connectivity index (χ3n) is 2.22. The van der Waals surface area contributed by atoms with Crippen molar-refractivity contribution < 1.29 is 4.52 Å². The van der Waals surface area contributed by atoms with Gasteiger partial charge in [0.25, 0.3) is 0 Å². The monoisotopic (exact) mass is 180 g/mol. The first-order valence-corrected chi connectivity index (χ1v) is 5.25. The second-order valence-electron chi connectivity index (χ2n) is 3.44.